The number of anilines is 1. The third-order valence-electron chi connectivity index (χ3n) is 1.16. The second kappa shape index (κ2) is 3.00. The van der Waals surface area contributed by atoms with E-state index in [1.54, 1.807) is 0 Å². The Bertz CT molecular complexity index is 403. The first-order valence-corrected chi connectivity index (χ1v) is 5.20. The van der Waals surface area contributed by atoms with Gasteiger partial charge in [-0.15, -0.1) is 0 Å². The molecule has 0 saturated heterocycles. The van der Waals surface area contributed by atoms with Crippen molar-refractivity contribution in [2.24, 2.45) is 5.14 Å². The van der Waals surface area contributed by atoms with E-state index in [-0.39, 0.29) is 10.7 Å². The predicted octanol–water partition coefficient (Wildman–Crippen LogP) is 0.0737. The molecule has 5 nitrogen and oxygen atoms in total. The zero-order chi connectivity index (χ0) is 9.35. The lowest BCUT2D eigenvalue weighted by atomic mass is 10.5. The molecule has 0 fully saturated rings. The smallest absolute Gasteiger partial charge is 0.241 e. The van der Waals surface area contributed by atoms with Crippen molar-refractivity contribution >= 4 is 31.8 Å². The lowest BCUT2D eigenvalue weighted by molar-refractivity contribution is 0.598. The molecular formula is C5H6BrN3O2S. The van der Waals surface area contributed by atoms with Gasteiger partial charge in [0, 0.05) is 0 Å². The Morgan fingerprint density at radius 1 is 1.42 bits per heavy atom. The zero-order valence-corrected chi connectivity index (χ0v) is 8.26. The van der Waals surface area contributed by atoms with Crippen molar-refractivity contribution in [3.05, 3.63) is 16.7 Å². The number of sulfonamides is 1. The number of hydrogen-bond acceptors (Lipinski definition) is 4. The maximum absolute atomic E-state index is 10.8. The van der Waals surface area contributed by atoms with E-state index < -0.39 is 10.0 Å². The number of halogens is 1. The van der Waals surface area contributed by atoms with Gasteiger partial charge in [0.15, 0.2) is 0 Å². The third-order valence-corrected chi connectivity index (χ3v) is 2.56. The summed E-state index contributed by atoms with van der Waals surface area (Å²) in [5.74, 6) is -0.105. The number of nitrogen functional groups attached to an aromatic ring is 1. The van der Waals surface area contributed by atoms with Crippen molar-refractivity contribution < 1.29 is 8.42 Å². The fraction of sp³-hybridized carbons (Fsp3) is 0. The summed E-state index contributed by atoms with van der Waals surface area (Å²) >= 11 is 3.04. The molecule has 0 atom stereocenters. The Kier molecular flexibility index (Phi) is 2.36. The molecular weight excluding hydrogens is 246 g/mol. The average Bonchev–Trinajstić information content (AvgIpc) is 1.83. The minimum atomic E-state index is -3.76. The highest BCUT2D eigenvalue weighted by molar-refractivity contribution is 9.10. The molecule has 0 unspecified atom stereocenters. The molecule has 0 amide bonds. The number of nitrogens with zero attached hydrogens (tertiary/aromatic N) is 1. The molecule has 0 aliphatic rings. The quantitative estimate of drug-likeness (QED) is 0.691. The highest BCUT2D eigenvalue weighted by Gasteiger charge is 2.12. The van der Waals surface area contributed by atoms with Crippen molar-refractivity contribution in [1.29, 1.82) is 0 Å². The normalized spacial score (nSPS) is 11.5. The molecule has 0 spiro atoms. The first-order valence-electron chi connectivity index (χ1n) is 2.86. The molecule has 1 heterocycles. The fourth-order valence-electron chi connectivity index (χ4n) is 0.678. The van der Waals surface area contributed by atoms with Crippen molar-refractivity contribution in [1.82, 2.24) is 4.98 Å². The summed E-state index contributed by atoms with van der Waals surface area (Å²) in [6.45, 7) is 0. The maximum Gasteiger partial charge on any atom is 0.241 e. The van der Waals surface area contributed by atoms with Gasteiger partial charge in [0.1, 0.15) is 15.3 Å². The summed E-state index contributed by atoms with van der Waals surface area (Å²) in [6.07, 6.45) is 0. The van der Waals surface area contributed by atoms with Gasteiger partial charge in [0.05, 0.1) is 0 Å². The van der Waals surface area contributed by atoms with Crippen LogP contribution in [0.1, 0.15) is 0 Å². The van der Waals surface area contributed by atoms with Gasteiger partial charge in [0.25, 0.3) is 0 Å². The molecule has 1 rings (SSSR count). The molecule has 0 radical (unpaired) electrons. The van der Waals surface area contributed by atoms with Crippen LogP contribution in [0.4, 0.5) is 5.82 Å². The van der Waals surface area contributed by atoms with Crippen LogP contribution in [0.5, 0.6) is 0 Å². The van der Waals surface area contributed by atoms with Gasteiger partial charge in [-0.25, -0.2) is 18.5 Å². The molecule has 0 bridgehead atoms. The van der Waals surface area contributed by atoms with Crippen LogP contribution in [0, 0.1) is 0 Å². The summed E-state index contributed by atoms with van der Waals surface area (Å²) in [7, 11) is -3.76. The van der Waals surface area contributed by atoms with Crippen molar-refractivity contribution in [2.75, 3.05) is 5.73 Å². The largest absolute Gasteiger partial charge is 0.383 e. The molecule has 0 aromatic carbocycles. The van der Waals surface area contributed by atoms with Crippen LogP contribution in [-0.4, -0.2) is 13.4 Å². The summed E-state index contributed by atoms with van der Waals surface area (Å²) in [5, 5.41) is 4.84. The Morgan fingerprint density at radius 3 is 2.42 bits per heavy atom. The molecule has 0 aliphatic carbocycles. The topological polar surface area (TPSA) is 99.1 Å². The van der Waals surface area contributed by atoms with Crippen LogP contribution in [0.15, 0.2) is 21.6 Å². The summed E-state index contributed by atoms with van der Waals surface area (Å²) in [5.41, 5.74) is 5.31. The maximum atomic E-state index is 10.8. The minimum absolute atomic E-state index is 0.105. The molecule has 1 aromatic heterocycles. The molecule has 4 N–H and O–H groups in total. The van der Waals surface area contributed by atoms with E-state index in [1.165, 1.54) is 12.1 Å². The molecule has 12 heavy (non-hydrogen) atoms. The highest BCUT2D eigenvalue weighted by atomic mass is 79.9. The summed E-state index contributed by atoms with van der Waals surface area (Å²) in [6, 6.07) is 2.75. The van der Waals surface area contributed by atoms with E-state index in [9.17, 15) is 8.42 Å². The average molecular weight is 252 g/mol. The van der Waals surface area contributed by atoms with Gasteiger partial charge in [-0.3, -0.25) is 0 Å². The van der Waals surface area contributed by atoms with Gasteiger partial charge < -0.3 is 5.73 Å². The number of nitrogens with two attached hydrogens (primary N) is 2. The highest BCUT2D eigenvalue weighted by Crippen LogP contribution is 2.16. The van der Waals surface area contributed by atoms with E-state index in [0.29, 0.717) is 4.60 Å². The van der Waals surface area contributed by atoms with Gasteiger partial charge >= 0.3 is 0 Å². The van der Waals surface area contributed by atoms with Gasteiger partial charge in [-0.05, 0) is 28.1 Å². The second-order valence-corrected chi connectivity index (χ2v) is 4.40. The van der Waals surface area contributed by atoms with E-state index in [1.807, 2.05) is 0 Å². The number of rotatable bonds is 1. The van der Waals surface area contributed by atoms with E-state index in [4.69, 9.17) is 10.9 Å². The number of pyridine rings is 1. The molecule has 66 valence electrons. The fourth-order valence-corrected chi connectivity index (χ4v) is 1.60. The molecule has 1 aromatic rings. The van der Waals surface area contributed by atoms with E-state index >= 15 is 0 Å². The van der Waals surface area contributed by atoms with Gasteiger partial charge in [0.2, 0.25) is 10.0 Å². The van der Waals surface area contributed by atoms with Crippen molar-refractivity contribution in [2.45, 2.75) is 4.90 Å². The van der Waals surface area contributed by atoms with Crippen LogP contribution in [0.3, 0.4) is 0 Å². The second-order valence-electron chi connectivity index (χ2n) is 2.06. The van der Waals surface area contributed by atoms with Crippen LogP contribution in [0.25, 0.3) is 0 Å². The summed E-state index contributed by atoms with van der Waals surface area (Å²) < 4.78 is 22.1. The zero-order valence-electron chi connectivity index (χ0n) is 5.86. The first-order chi connectivity index (χ1) is 5.41. The first kappa shape index (κ1) is 9.43. The van der Waals surface area contributed by atoms with E-state index in [2.05, 4.69) is 20.9 Å². The Balaban J connectivity index is 3.39. The van der Waals surface area contributed by atoms with Crippen molar-refractivity contribution in [3.63, 3.8) is 0 Å². The third kappa shape index (κ3) is 1.93. The van der Waals surface area contributed by atoms with Gasteiger partial charge in [-0.1, -0.05) is 0 Å². The van der Waals surface area contributed by atoms with Crippen LogP contribution < -0.4 is 10.9 Å². The molecule has 0 aliphatic heterocycles. The molecule has 0 saturated carbocycles. The van der Waals surface area contributed by atoms with Crippen LogP contribution in [-0.2, 0) is 10.0 Å². The lowest BCUT2D eigenvalue weighted by Crippen LogP contribution is -2.14. The van der Waals surface area contributed by atoms with Crippen LogP contribution >= 0.6 is 15.9 Å². The predicted molar refractivity (Wildman–Crippen MR) is 47.7 cm³/mol. The SMILES string of the molecule is Nc1nc(Br)ccc1S(N)(=O)=O. The van der Waals surface area contributed by atoms with Crippen molar-refractivity contribution in [3.8, 4) is 0 Å². The standard InChI is InChI=1S/C5H6BrN3O2S/c6-4-2-1-3(5(7)9-4)12(8,10)11/h1-2H,(H2,7,9)(H2,8,10,11). The van der Waals surface area contributed by atoms with Gasteiger partial charge in [-0.2, -0.15) is 0 Å². The van der Waals surface area contributed by atoms with E-state index in [0.717, 1.165) is 0 Å². The number of primary sulfonamides is 1. The molecule has 7 heteroatoms. The Labute approximate surface area is 78.0 Å². The lowest BCUT2D eigenvalue weighted by Gasteiger charge is -2.00. The monoisotopic (exact) mass is 251 g/mol. The summed E-state index contributed by atoms with van der Waals surface area (Å²) in [4.78, 5) is 3.51. The number of hydrogen-bond donors (Lipinski definition) is 2. The minimum Gasteiger partial charge on any atom is -0.383 e. The number of aromatic nitrogens is 1. The van der Waals surface area contributed by atoms with Crippen LogP contribution in [0.2, 0.25) is 0 Å². The Hall–Kier alpha value is -0.660. The Morgan fingerprint density at radius 2 is 2.00 bits per heavy atom.